The minimum atomic E-state index is -0.695. The molecule has 1 aromatic rings. The normalized spacial score (nSPS) is 11.7. The molecule has 5 nitrogen and oxygen atoms in total. The van der Waals surface area contributed by atoms with Crippen LogP contribution in [0.15, 0.2) is 24.3 Å². The maximum absolute atomic E-state index is 12.2. The third kappa shape index (κ3) is 6.72. The average molecular weight is 320 g/mol. The molecule has 0 heterocycles. The van der Waals surface area contributed by atoms with E-state index in [1.54, 1.807) is 18.2 Å². The molecule has 0 unspecified atom stereocenters. The van der Waals surface area contributed by atoms with Gasteiger partial charge in [0.05, 0.1) is 12.3 Å². The van der Waals surface area contributed by atoms with Crippen LogP contribution >= 0.6 is 0 Å². The first-order valence-electron chi connectivity index (χ1n) is 7.89. The van der Waals surface area contributed by atoms with Crippen molar-refractivity contribution in [2.24, 2.45) is 5.41 Å². The van der Waals surface area contributed by atoms with E-state index in [0.717, 1.165) is 6.42 Å². The molecule has 2 N–H and O–H groups in total. The van der Waals surface area contributed by atoms with Crippen molar-refractivity contribution < 1.29 is 14.3 Å². The summed E-state index contributed by atoms with van der Waals surface area (Å²) in [7, 11) is 0. The van der Waals surface area contributed by atoms with E-state index >= 15 is 0 Å². The summed E-state index contributed by atoms with van der Waals surface area (Å²) in [6, 6.07) is 7.05. The van der Waals surface area contributed by atoms with Crippen LogP contribution in [0.5, 0.6) is 5.75 Å². The molecule has 1 rings (SSSR count). The quantitative estimate of drug-likeness (QED) is 0.818. The van der Waals surface area contributed by atoms with Crippen LogP contribution in [-0.4, -0.2) is 24.0 Å². The molecule has 0 aliphatic rings. The molecular formula is C18H28N2O3. The van der Waals surface area contributed by atoms with Crippen molar-refractivity contribution in [2.45, 2.75) is 53.5 Å². The molecule has 0 saturated heterocycles. The molecular weight excluding hydrogens is 292 g/mol. The monoisotopic (exact) mass is 320 g/mol. The number of anilines is 1. The van der Waals surface area contributed by atoms with Crippen molar-refractivity contribution in [3.05, 3.63) is 24.3 Å². The number of carbonyl (C=O) groups is 2. The van der Waals surface area contributed by atoms with Gasteiger partial charge in [-0.2, -0.15) is 0 Å². The van der Waals surface area contributed by atoms with E-state index in [4.69, 9.17) is 4.74 Å². The number of carbonyl (C=O) groups excluding carboxylic acids is 2. The SMILES string of the molecule is CCOc1ccccc1NC(=O)C(=O)NC(C)(C)CC(C)(C)C. The Hall–Kier alpha value is -2.04. The maximum atomic E-state index is 12.2. The van der Waals surface area contributed by atoms with E-state index in [0.29, 0.717) is 18.0 Å². The van der Waals surface area contributed by atoms with Crippen molar-refractivity contribution in [3.63, 3.8) is 0 Å². The Balaban J connectivity index is 2.73. The van der Waals surface area contributed by atoms with Gasteiger partial charge in [-0.05, 0) is 44.7 Å². The molecule has 128 valence electrons. The Morgan fingerprint density at radius 2 is 1.65 bits per heavy atom. The van der Waals surface area contributed by atoms with Gasteiger partial charge in [0.25, 0.3) is 0 Å². The number of para-hydroxylation sites is 2. The highest BCUT2D eigenvalue weighted by atomic mass is 16.5. The van der Waals surface area contributed by atoms with Crippen LogP contribution in [0.25, 0.3) is 0 Å². The Bertz CT molecular complexity index is 560. The Kier molecular flexibility index (Phi) is 6.19. The van der Waals surface area contributed by atoms with Gasteiger partial charge in [0.2, 0.25) is 0 Å². The number of benzene rings is 1. The maximum Gasteiger partial charge on any atom is 0.313 e. The van der Waals surface area contributed by atoms with Crippen LogP contribution in [0.3, 0.4) is 0 Å². The van der Waals surface area contributed by atoms with E-state index in [1.165, 1.54) is 0 Å². The van der Waals surface area contributed by atoms with Crippen LogP contribution in [-0.2, 0) is 9.59 Å². The lowest BCUT2D eigenvalue weighted by Crippen LogP contribution is -2.49. The Morgan fingerprint density at radius 3 is 2.22 bits per heavy atom. The van der Waals surface area contributed by atoms with Gasteiger partial charge in [0.1, 0.15) is 5.75 Å². The summed E-state index contributed by atoms with van der Waals surface area (Å²) in [6.07, 6.45) is 0.758. The molecule has 2 amide bonds. The lowest BCUT2D eigenvalue weighted by molar-refractivity contribution is -0.137. The topological polar surface area (TPSA) is 67.4 Å². The Labute approximate surface area is 138 Å². The fourth-order valence-corrected chi connectivity index (χ4v) is 2.76. The van der Waals surface area contributed by atoms with E-state index in [9.17, 15) is 9.59 Å². The lowest BCUT2D eigenvalue weighted by atomic mass is 9.82. The molecule has 1 aromatic carbocycles. The first-order chi connectivity index (χ1) is 10.5. The minimum Gasteiger partial charge on any atom is -0.492 e. The second-order valence-corrected chi connectivity index (χ2v) is 7.46. The van der Waals surface area contributed by atoms with Crippen molar-refractivity contribution in [1.82, 2.24) is 5.32 Å². The van der Waals surface area contributed by atoms with Gasteiger partial charge < -0.3 is 15.4 Å². The second-order valence-electron chi connectivity index (χ2n) is 7.46. The molecule has 5 heteroatoms. The number of amides is 2. The van der Waals surface area contributed by atoms with Gasteiger partial charge in [-0.1, -0.05) is 32.9 Å². The number of nitrogens with one attached hydrogen (secondary N) is 2. The summed E-state index contributed by atoms with van der Waals surface area (Å²) in [4.78, 5) is 24.3. The van der Waals surface area contributed by atoms with Gasteiger partial charge >= 0.3 is 11.8 Å². The third-order valence-electron chi connectivity index (χ3n) is 3.07. The van der Waals surface area contributed by atoms with E-state index in [2.05, 4.69) is 31.4 Å². The van der Waals surface area contributed by atoms with Gasteiger partial charge in [-0.25, -0.2) is 0 Å². The standard InChI is InChI=1S/C18H28N2O3/c1-7-23-14-11-9-8-10-13(14)19-15(21)16(22)20-18(5,6)12-17(2,3)4/h8-11H,7,12H2,1-6H3,(H,19,21)(H,20,22). The summed E-state index contributed by atoms with van der Waals surface area (Å²) >= 11 is 0. The van der Waals surface area contributed by atoms with Gasteiger partial charge in [-0.15, -0.1) is 0 Å². The first-order valence-corrected chi connectivity index (χ1v) is 7.89. The van der Waals surface area contributed by atoms with Crippen molar-refractivity contribution >= 4 is 17.5 Å². The molecule has 0 spiro atoms. The Morgan fingerprint density at radius 1 is 1.04 bits per heavy atom. The largest absolute Gasteiger partial charge is 0.492 e. The number of hydrogen-bond acceptors (Lipinski definition) is 3. The first kappa shape index (κ1) is 19.0. The second kappa shape index (κ2) is 7.49. The van der Waals surface area contributed by atoms with E-state index in [-0.39, 0.29) is 5.41 Å². The molecule has 0 radical (unpaired) electrons. The van der Waals surface area contributed by atoms with Crippen molar-refractivity contribution in [3.8, 4) is 5.75 Å². The van der Waals surface area contributed by atoms with Gasteiger partial charge in [-0.3, -0.25) is 9.59 Å². The summed E-state index contributed by atoms with van der Waals surface area (Å²) in [5.41, 5.74) is 0.0733. The smallest absolute Gasteiger partial charge is 0.313 e. The van der Waals surface area contributed by atoms with Crippen molar-refractivity contribution in [1.29, 1.82) is 0 Å². The van der Waals surface area contributed by atoms with Crippen molar-refractivity contribution in [2.75, 3.05) is 11.9 Å². The molecule has 0 aliphatic heterocycles. The molecule has 0 aliphatic carbocycles. The lowest BCUT2D eigenvalue weighted by Gasteiger charge is -2.33. The van der Waals surface area contributed by atoms with Crippen LogP contribution < -0.4 is 15.4 Å². The minimum absolute atomic E-state index is 0.0504. The molecule has 23 heavy (non-hydrogen) atoms. The summed E-state index contributed by atoms with van der Waals surface area (Å²) in [6.45, 7) is 12.5. The predicted molar refractivity (Wildman–Crippen MR) is 92.5 cm³/mol. The zero-order chi connectivity index (χ0) is 17.7. The third-order valence-corrected chi connectivity index (χ3v) is 3.07. The van der Waals surface area contributed by atoms with E-state index in [1.807, 2.05) is 26.8 Å². The zero-order valence-electron chi connectivity index (χ0n) is 14.9. The zero-order valence-corrected chi connectivity index (χ0v) is 14.9. The number of rotatable bonds is 5. The summed E-state index contributed by atoms with van der Waals surface area (Å²) < 4.78 is 5.44. The van der Waals surface area contributed by atoms with Crippen LogP contribution in [0.4, 0.5) is 5.69 Å². The predicted octanol–water partition coefficient (Wildman–Crippen LogP) is 3.35. The fraction of sp³-hybridized carbons (Fsp3) is 0.556. The molecule has 0 saturated carbocycles. The van der Waals surface area contributed by atoms with Crippen LogP contribution in [0.1, 0.15) is 48.0 Å². The van der Waals surface area contributed by atoms with Crippen LogP contribution in [0.2, 0.25) is 0 Å². The summed E-state index contributed by atoms with van der Waals surface area (Å²) in [5.74, 6) is -0.796. The number of ether oxygens (including phenoxy) is 1. The van der Waals surface area contributed by atoms with E-state index < -0.39 is 17.4 Å². The highest BCUT2D eigenvalue weighted by molar-refractivity contribution is 6.39. The highest BCUT2D eigenvalue weighted by Crippen LogP contribution is 2.27. The summed E-state index contributed by atoms with van der Waals surface area (Å²) in [5, 5.41) is 5.40. The molecule has 0 atom stereocenters. The molecule has 0 bridgehead atoms. The average Bonchev–Trinajstić information content (AvgIpc) is 2.37. The number of hydrogen-bond donors (Lipinski definition) is 2. The van der Waals surface area contributed by atoms with Crippen LogP contribution in [0, 0.1) is 5.41 Å². The highest BCUT2D eigenvalue weighted by Gasteiger charge is 2.29. The molecule has 0 fully saturated rings. The molecule has 0 aromatic heterocycles. The fourth-order valence-electron chi connectivity index (χ4n) is 2.76. The van der Waals surface area contributed by atoms with Gasteiger partial charge in [0, 0.05) is 5.54 Å². The van der Waals surface area contributed by atoms with Gasteiger partial charge in [0.15, 0.2) is 0 Å².